The fourth-order valence-electron chi connectivity index (χ4n) is 10.5. The van der Waals surface area contributed by atoms with Crippen LogP contribution < -0.4 is 10.7 Å². The number of nitrogens with zero attached hydrogens (tertiary/aromatic N) is 7. The Morgan fingerprint density at radius 3 is 2.64 bits per heavy atom. The Morgan fingerprint density at radius 1 is 1.13 bits per heavy atom. The van der Waals surface area contributed by atoms with Gasteiger partial charge >= 0.3 is 12.0 Å². The number of cyclic esters (lactones) is 1. The quantitative estimate of drug-likeness (QED) is 0.150. The van der Waals surface area contributed by atoms with E-state index in [2.05, 4.69) is 66.9 Å². The number of aryl methyl sites for hydroxylation is 1. The van der Waals surface area contributed by atoms with Crippen molar-refractivity contribution >= 4 is 52.0 Å². The van der Waals surface area contributed by atoms with Crippen LogP contribution >= 0.6 is 11.3 Å². The smallest absolute Gasteiger partial charge is 0.324 e. The van der Waals surface area contributed by atoms with Gasteiger partial charge in [-0.25, -0.2) is 15.2 Å². The number of fused-ring (bicyclic) bond motifs is 7. The van der Waals surface area contributed by atoms with E-state index in [0.29, 0.717) is 63.4 Å². The molecule has 4 aromatic rings. The van der Waals surface area contributed by atoms with Gasteiger partial charge in [0.1, 0.15) is 18.1 Å². The molecule has 2 N–H and O–H groups in total. The van der Waals surface area contributed by atoms with E-state index in [9.17, 15) is 24.0 Å². The Kier molecular flexibility index (Phi) is 13.9. The molecule has 6 atom stereocenters. The molecule has 7 heterocycles. The summed E-state index contributed by atoms with van der Waals surface area (Å²) in [6, 6.07) is 7.37. The third-order valence-electron chi connectivity index (χ3n) is 14.0. The van der Waals surface area contributed by atoms with Crippen molar-refractivity contribution in [1.29, 1.82) is 0 Å². The Balaban J connectivity index is 1.13. The SMILES string of the molecule is C=CC(=O)N1CC[C@H]2[C@@H](C1)CN2C(=O)N(C)[C@H](C(=O)N[C@H]1Cc2nc(cs2)-c2ccc3c(c2)c(c(-c2cccnc2[C@H](C)OC)n3CC)CC(C)(C)COC(=O)[C@@H]2CCCN(N2)C1=O)C(C)C. The van der Waals surface area contributed by atoms with E-state index in [4.69, 9.17) is 19.4 Å². The van der Waals surface area contributed by atoms with Gasteiger partial charge in [-0.1, -0.05) is 40.3 Å². The lowest BCUT2D eigenvalue weighted by molar-refractivity contribution is -0.155. The van der Waals surface area contributed by atoms with E-state index in [-0.39, 0.29) is 48.9 Å². The third kappa shape index (κ3) is 9.46. The van der Waals surface area contributed by atoms with Crippen molar-refractivity contribution in [2.45, 2.75) is 110 Å². The number of amides is 5. The lowest BCUT2D eigenvalue weighted by Gasteiger charge is -2.54. The predicted molar refractivity (Wildman–Crippen MR) is 256 cm³/mol. The minimum atomic E-state index is -1.07. The van der Waals surface area contributed by atoms with Crippen molar-refractivity contribution in [3.63, 3.8) is 0 Å². The summed E-state index contributed by atoms with van der Waals surface area (Å²) in [5, 5.41) is 8.16. The molecule has 6 bridgehead atoms. The zero-order chi connectivity index (χ0) is 47.9. The minimum absolute atomic E-state index is 0.0299. The number of pyridine rings is 1. The standard InChI is InChI=1S/C50H65N9O7S/c1-10-42(60)56-21-18-39-32(25-56)26-58(39)49(64)55(8)44(29(3)4)46(61)53-37-23-41-52-38(27-67-41)31-16-17-40-34(22-31)35(45(57(40)11-2)33-14-12-19-51-43(33)30(5)65-9)24-50(6,7)28-66-48(63)36-15-13-20-59(54-36)47(37)62/h10,12,14,16-17,19,22,27,29-30,32,36-37,39,44,54H,1,11,13,15,18,20-21,23-26,28H2,2-9H3,(H,53,61)/t30-,32-,36-,37-,39-,44-/m0/s1. The molecule has 5 amide bonds. The molecule has 3 fully saturated rings. The van der Waals surface area contributed by atoms with Crippen molar-refractivity contribution in [2.24, 2.45) is 17.3 Å². The van der Waals surface area contributed by atoms with Crippen LogP contribution in [-0.2, 0) is 48.0 Å². The molecule has 0 aliphatic carbocycles. The third-order valence-corrected chi connectivity index (χ3v) is 14.9. The van der Waals surface area contributed by atoms with Crippen LogP contribution in [0.2, 0.25) is 0 Å². The number of rotatable bonds is 9. The van der Waals surface area contributed by atoms with Gasteiger partial charge in [-0.05, 0) is 81.4 Å². The number of thiazole rings is 1. The first kappa shape index (κ1) is 47.8. The Hall–Kier alpha value is -5.65. The van der Waals surface area contributed by atoms with E-state index in [1.54, 1.807) is 30.2 Å². The lowest BCUT2D eigenvalue weighted by atomic mass is 9.82. The highest BCUT2D eigenvalue weighted by Crippen LogP contribution is 2.42. The highest BCUT2D eigenvalue weighted by molar-refractivity contribution is 7.10. The van der Waals surface area contributed by atoms with Gasteiger partial charge < -0.3 is 34.1 Å². The molecular weight excluding hydrogens is 871 g/mol. The van der Waals surface area contributed by atoms with Gasteiger partial charge in [0.15, 0.2) is 0 Å². The first-order chi connectivity index (χ1) is 32.0. The number of aromatic nitrogens is 3. The molecule has 4 aliphatic rings. The van der Waals surface area contributed by atoms with Crippen LogP contribution in [-0.4, -0.2) is 135 Å². The fraction of sp³-hybridized carbons (Fsp3) is 0.540. The predicted octanol–water partition coefficient (Wildman–Crippen LogP) is 6.00. The minimum Gasteiger partial charge on any atom is -0.464 e. The Morgan fingerprint density at radius 2 is 1.93 bits per heavy atom. The monoisotopic (exact) mass is 935 g/mol. The highest BCUT2D eigenvalue weighted by Gasteiger charge is 2.48. The lowest BCUT2D eigenvalue weighted by Crippen LogP contribution is -2.68. The number of urea groups is 1. The zero-order valence-corrected chi connectivity index (χ0v) is 40.9. The number of carbonyl (C=O) groups is 5. The summed E-state index contributed by atoms with van der Waals surface area (Å²) in [4.78, 5) is 84.4. The number of methoxy groups -OCH3 is 1. The number of hydrogen-bond donors (Lipinski definition) is 2. The first-order valence-corrected chi connectivity index (χ1v) is 24.5. The van der Waals surface area contributed by atoms with Gasteiger partial charge in [0.25, 0.3) is 5.91 Å². The number of carbonyl (C=O) groups excluding carboxylic acids is 5. The van der Waals surface area contributed by atoms with Crippen molar-refractivity contribution in [1.82, 2.24) is 45.0 Å². The summed E-state index contributed by atoms with van der Waals surface area (Å²) in [5.74, 6) is -1.59. The number of nitrogens with one attached hydrogen (secondary N) is 2. The second-order valence-corrected chi connectivity index (χ2v) is 20.6. The van der Waals surface area contributed by atoms with E-state index in [1.165, 1.54) is 27.3 Å². The van der Waals surface area contributed by atoms with Crippen molar-refractivity contribution < 1.29 is 33.4 Å². The first-order valence-electron chi connectivity index (χ1n) is 23.6. The second-order valence-electron chi connectivity index (χ2n) is 19.6. The molecule has 3 aromatic heterocycles. The molecule has 1 aromatic carbocycles. The van der Waals surface area contributed by atoms with Gasteiger partial charge in [-0.15, -0.1) is 11.3 Å². The summed E-state index contributed by atoms with van der Waals surface area (Å²) in [6.07, 6.45) is 5.18. The zero-order valence-electron chi connectivity index (χ0n) is 40.0. The molecule has 0 spiro atoms. The number of likely N-dealkylation sites (tertiary alicyclic amines) is 2. The molecule has 4 aliphatic heterocycles. The molecule has 8 rings (SSSR count). The van der Waals surface area contributed by atoms with Crippen LogP contribution in [0, 0.1) is 17.3 Å². The largest absolute Gasteiger partial charge is 0.464 e. The van der Waals surface area contributed by atoms with Crippen LogP contribution in [0.25, 0.3) is 33.4 Å². The van der Waals surface area contributed by atoms with Crippen LogP contribution in [0.5, 0.6) is 0 Å². The summed E-state index contributed by atoms with van der Waals surface area (Å²) >= 11 is 1.41. The van der Waals surface area contributed by atoms with Gasteiger partial charge in [-0.3, -0.25) is 29.2 Å². The topological polar surface area (TPSA) is 172 Å². The number of likely N-dealkylation sites (N-methyl/N-ethyl adjacent to an activating group) is 1. The number of piperidine rings is 1. The van der Waals surface area contributed by atoms with E-state index >= 15 is 0 Å². The molecule has 17 heteroatoms. The van der Waals surface area contributed by atoms with Crippen LogP contribution in [0.3, 0.4) is 0 Å². The maximum atomic E-state index is 14.7. The molecule has 67 heavy (non-hydrogen) atoms. The average Bonchev–Trinajstić information content (AvgIpc) is 3.91. The molecule has 358 valence electrons. The van der Waals surface area contributed by atoms with E-state index in [0.717, 1.165) is 44.7 Å². The van der Waals surface area contributed by atoms with E-state index < -0.39 is 41.3 Å². The number of hydrogen-bond acceptors (Lipinski definition) is 11. The van der Waals surface area contributed by atoms with Gasteiger partial charge in [0, 0.05) is 104 Å². The molecule has 0 saturated carbocycles. The summed E-state index contributed by atoms with van der Waals surface area (Å²) in [6.45, 7) is 18.4. The van der Waals surface area contributed by atoms with Gasteiger partial charge in [-0.2, -0.15) is 0 Å². The molecule has 0 unspecified atom stereocenters. The summed E-state index contributed by atoms with van der Waals surface area (Å²) < 4.78 is 14.3. The number of ether oxygens (including phenoxy) is 2. The Labute approximate surface area is 397 Å². The van der Waals surface area contributed by atoms with Crippen LogP contribution in [0.15, 0.2) is 54.6 Å². The maximum absolute atomic E-state index is 14.7. The van der Waals surface area contributed by atoms with Gasteiger partial charge in [0.05, 0.1) is 34.8 Å². The highest BCUT2D eigenvalue weighted by atomic mass is 32.1. The fourth-order valence-corrected chi connectivity index (χ4v) is 11.3. The summed E-state index contributed by atoms with van der Waals surface area (Å²) in [7, 11) is 3.32. The number of esters is 1. The van der Waals surface area contributed by atoms with Gasteiger partial charge in [0.2, 0.25) is 11.8 Å². The maximum Gasteiger partial charge on any atom is 0.324 e. The van der Waals surface area contributed by atoms with Crippen LogP contribution in [0.1, 0.15) is 83.2 Å². The number of hydrazine groups is 1. The molecule has 0 radical (unpaired) electrons. The Bertz CT molecular complexity index is 2550. The molecular formula is C50H65N9O7S. The van der Waals surface area contributed by atoms with Crippen molar-refractivity contribution in [3.05, 3.63) is 70.8 Å². The summed E-state index contributed by atoms with van der Waals surface area (Å²) in [5.41, 5.74) is 9.29. The average molecular weight is 936 g/mol. The van der Waals surface area contributed by atoms with Crippen molar-refractivity contribution in [3.8, 4) is 22.5 Å². The number of benzene rings is 1. The van der Waals surface area contributed by atoms with Crippen LogP contribution in [0.4, 0.5) is 4.79 Å². The van der Waals surface area contributed by atoms with Crippen molar-refractivity contribution in [2.75, 3.05) is 46.9 Å². The normalized spacial score (nSPS) is 22.9. The molecule has 3 saturated heterocycles. The second kappa shape index (κ2) is 19.5. The van der Waals surface area contributed by atoms with E-state index in [1.807, 2.05) is 32.2 Å². The molecule has 16 nitrogen and oxygen atoms in total.